The highest BCUT2D eigenvalue weighted by Gasteiger charge is 2.20. The van der Waals surface area contributed by atoms with Crippen LogP contribution in [-0.2, 0) is 0 Å². The molecular formula is C13H9N3O2. The van der Waals surface area contributed by atoms with Crippen LogP contribution < -0.4 is 0 Å². The molecule has 1 N–H and O–H groups in total. The van der Waals surface area contributed by atoms with Gasteiger partial charge in [-0.25, -0.2) is 9.31 Å². The third kappa shape index (κ3) is 1.53. The highest BCUT2D eigenvalue weighted by Crippen LogP contribution is 2.26. The first-order valence-electron chi connectivity index (χ1n) is 5.39. The highest BCUT2D eigenvalue weighted by atomic mass is 16.4. The standard InChI is InChI=1S/C13H9N3O2/c17-13(18)12-11(9-5-1-3-7-14-9)10-6-2-4-8-16(10)15-12/h1-8H,(H,17,18). The molecule has 0 aliphatic carbocycles. The van der Waals surface area contributed by atoms with Crippen molar-refractivity contribution >= 4 is 11.5 Å². The summed E-state index contributed by atoms with van der Waals surface area (Å²) in [7, 11) is 0. The van der Waals surface area contributed by atoms with Gasteiger partial charge in [0.1, 0.15) is 0 Å². The Hall–Kier alpha value is -2.69. The smallest absolute Gasteiger partial charge is 0.357 e. The number of aromatic carboxylic acids is 1. The van der Waals surface area contributed by atoms with Crippen LogP contribution >= 0.6 is 0 Å². The molecular weight excluding hydrogens is 230 g/mol. The molecule has 0 unspecified atom stereocenters. The summed E-state index contributed by atoms with van der Waals surface area (Å²) in [5.74, 6) is -1.06. The largest absolute Gasteiger partial charge is 0.476 e. The van der Waals surface area contributed by atoms with Crippen molar-refractivity contribution < 1.29 is 9.90 Å². The molecule has 0 aliphatic heterocycles. The SMILES string of the molecule is O=C(O)c1nn2ccccc2c1-c1ccccn1. The molecule has 0 aromatic carbocycles. The second-order valence-electron chi connectivity index (χ2n) is 3.77. The zero-order valence-corrected chi connectivity index (χ0v) is 9.32. The predicted molar refractivity (Wildman–Crippen MR) is 65.4 cm³/mol. The summed E-state index contributed by atoms with van der Waals surface area (Å²) in [5.41, 5.74) is 1.90. The van der Waals surface area contributed by atoms with Crippen LogP contribution in [0.15, 0.2) is 48.8 Å². The molecule has 0 amide bonds. The number of hydrogen-bond donors (Lipinski definition) is 1. The lowest BCUT2D eigenvalue weighted by Gasteiger charge is -1.99. The Bertz CT molecular complexity index is 719. The van der Waals surface area contributed by atoms with Gasteiger partial charge >= 0.3 is 5.97 Å². The van der Waals surface area contributed by atoms with Crippen molar-refractivity contribution in [1.29, 1.82) is 0 Å². The molecule has 0 bridgehead atoms. The Morgan fingerprint density at radius 3 is 2.72 bits per heavy atom. The summed E-state index contributed by atoms with van der Waals surface area (Å²) >= 11 is 0. The lowest BCUT2D eigenvalue weighted by atomic mass is 10.1. The van der Waals surface area contributed by atoms with Gasteiger partial charge in [0.15, 0.2) is 5.69 Å². The van der Waals surface area contributed by atoms with Crippen molar-refractivity contribution in [3.63, 3.8) is 0 Å². The highest BCUT2D eigenvalue weighted by molar-refractivity contribution is 5.98. The van der Waals surface area contributed by atoms with E-state index in [-0.39, 0.29) is 5.69 Å². The monoisotopic (exact) mass is 239 g/mol. The van der Waals surface area contributed by atoms with Crippen LogP contribution in [0.5, 0.6) is 0 Å². The first-order chi connectivity index (χ1) is 8.77. The van der Waals surface area contributed by atoms with E-state index < -0.39 is 5.97 Å². The summed E-state index contributed by atoms with van der Waals surface area (Å²) in [6.45, 7) is 0. The van der Waals surface area contributed by atoms with Crippen molar-refractivity contribution in [3.05, 3.63) is 54.5 Å². The third-order valence-electron chi connectivity index (χ3n) is 2.66. The summed E-state index contributed by atoms with van der Waals surface area (Å²) < 4.78 is 1.55. The van der Waals surface area contributed by atoms with Crippen LogP contribution in [0.2, 0.25) is 0 Å². The van der Waals surface area contributed by atoms with Crippen molar-refractivity contribution in [2.75, 3.05) is 0 Å². The van der Waals surface area contributed by atoms with Crippen molar-refractivity contribution in [2.45, 2.75) is 0 Å². The molecule has 88 valence electrons. The number of carboxylic acids is 1. The number of rotatable bonds is 2. The molecule has 0 saturated heterocycles. The average Bonchev–Trinajstić information content (AvgIpc) is 2.79. The van der Waals surface area contributed by atoms with Gasteiger partial charge in [-0.1, -0.05) is 12.1 Å². The predicted octanol–water partition coefficient (Wildman–Crippen LogP) is 2.09. The Kier molecular flexibility index (Phi) is 2.30. The number of aromatic nitrogens is 3. The minimum Gasteiger partial charge on any atom is -0.476 e. The molecule has 3 aromatic rings. The first-order valence-corrected chi connectivity index (χ1v) is 5.39. The molecule has 0 radical (unpaired) electrons. The van der Waals surface area contributed by atoms with Crippen LogP contribution in [0, 0.1) is 0 Å². The molecule has 0 spiro atoms. The Morgan fingerprint density at radius 2 is 2.00 bits per heavy atom. The lowest BCUT2D eigenvalue weighted by Crippen LogP contribution is -2.00. The molecule has 3 rings (SSSR count). The molecule has 18 heavy (non-hydrogen) atoms. The second-order valence-corrected chi connectivity index (χ2v) is 3.77. The maximum absolute atomic E-state index is 11.3. The van der Waals surface area contributed by atoms with Gasteiger partial charge in [0.25, 0.3) is 0 Å². The Balaban J connectivity index is 2.38. The van der Waals surface area contributed by atoms with E-state index in [0.717, 1.165) is 5.52 Å². The number of carboxylic acid groups (broad SMARTS) is 1. The van der Waals surface area contributed by atoms with Gasteiger partial charge < -0.3 is 5.11 Å². The van der Waals surface area contributed by atoms with E-state index in [0.29, 0.717) is 11.3 Å². The topological polar surface area (TPSA) is 67.5 Å². The van der Waals surface area contributed by atoms with Gasteiger partial charge in [0.2, 0.25) is 0 Å². The van der Waals surface area contributed by atoms with Crippen LogP contribution in [-0.4, -0.2) is 25.7 Å². The van der Waals surface area contributed by atoms with Crippen LogP contribution in [0.4, 0.5) is 0 Å². The Labute approximate surface area is 102 Å². The Morgan fingerprint density at radius 1 is 1.17 bits per heavy atom. The molecule has 0 fully saturated rings. The summed E-state index contributed by atoms with van der Waals surface area (Å²) in [5, 5.41) is 13.3. The molecule has 0 saturated carbocycles. The number of hydrogen-bond acceptors (Lipinski definition) is 3. The van der Waals surface area contributed by atoms with E-state index in [1.165, 1.54) is 0 Å². The molecule has 3 aromatic heterocycles. The van der Waals surface area contributed by atoms with E-state index >= 15 is 0 Å². The molecule has 5 nitrogen and oxygen atoms in total. The summed E-state index contributed by atoms with van der Waals surface area (Å²) in [6.07, 6.45) is 3.35. The van der Waals surface area contributed by atoms with Crippen LogP contribution in [0.1, 0.15) is 10.5 Å². The number of pyridine rings is 2. The summed E-state index contributed by atoms with van der Waals surface area (Å²) in [4.78, 5) is 15.5. The van der Waals surface area contributed by atoms with Crippen molar-refractivity contribution in [2.24, 2.45) is 0 Å². The van der Waals surface area contributed by atoms with E-state index in [2.05, 4.69) is 10.1 Å². The van der Waals surface area contributed by atoms with Gasteiger partial charge in [-0.15, -0.1) is 0 Å². The minimum atomic E-state index is -1.06. The first kappa shape index (κ1) is 10.5. The maximum Gasteiger partial charge on any atom is 0.357 e. The van der Waals surface area contributed by atoms with Gasteiger partial charge in [-0.05, 0) is 24.3 Å². The van der Waals surface area contributed by atoms with Crippen molar-refractivity contribution in [3.8, 4) is 11.3 Å². The van der Waals surface area contributed by atoms with Gasteiger partial charge in [-0.3, -0.25) is 4.98 Å². The van der Waals surface area contributed by atoms with Crippen LogP contribution in [0.25, 0.3) is 16.8 Å². The minimum absolute atomic E-state index is 0.0138. The second kappa shape index (κ2) is 3.96. The number of fused-ring (bicyclic) bond motifs is 1. The molecule has 5 heteroatoms. The fourth-order valence-electron chi connectivity index (χ4n) is 1.91. The third-order valence-corrected chi connectivity index (χ3v) is 2.66. The zero-order valence-electron chi connectivity index (χ0n) is 9.32. The zero-order chi connectivity index (χ0) is 12.5. The van der Waals surface area contributed by atoms with Gasteiger partial charge in [0.05, 0.1) is 16.8 Å². The fourth-order valence-corrected chi connectivity index (χ4v) is 1.91. The van der Waals surface area contributed by atoms with E-state index in [4.69, 9.17) is 0 Å². The maximum atomic E-state index is 11.3. The van der Waals surface area contributed by atoms with Gasteiger partial charge in [-0.2, -0.15) is 5.10 Å². The fraction of sp³-hybridized carbons (Fsp3) is 0. The molecule has 0 aliphatic rings. The molecule has 3 heterocycles. The number of nitrogens with zero attached hydrogens (tertiary/aromatic N) is 3. The van der Waals surface area contributed by atoms with Gasteiger partial charge in [0, 0.05) is 12.4 Å². The van der Waals surface area contributed by atoms with E-state index in [1.807, 2.05) is 18.2 Å². The normalized spacial score (nSPS) is 10.7. The van der Waals surface area contributed by atoms with E-state index in [9.17, 15) is 9.90 Å². The molecule has 0 atom stereocenters. The quantitative estimate of drug-likeness (QED) is 0.743. The van der Waals surface area contributed by atoms with Crippen molar-refractivity contribution in [1.82, 2.24) is 14.6 Å². The van der Waals surface area contributed by atoms with Crippen LogP contribution in [0.3, 0.4) is 0 Å². The lowest BCUT2D eigenvalue weighted by molar-refractivity contribution is 0.0691. The number of carbonyl (C=O) groups is 1. The summed E-state index contributed by atoms with van der Waals surface area (Å²) in [6, 6.07) is 10.8. The average molecular weight is 239 g/mol. The van der Waals surface area contributed by atoms with E-state index in [1.54, 1.807) is 35.1 Å².